The number of carbonyl (C=O) groups excluding carboxylic acids is 2. The number of nitrogens with zero attached hydrogens (tertiary/aromatic N) is 1. The van der Waals surface area contributed by atoms with Gasteiger partial charge in [-0.2, -0.15) is 0 Å². The molecule has 1 aromatic carbocycles. The van der Waals surface area contributed by atoms with E-state index in [1.165, 1.54) is 17.4 Å². The molecule has 3 N–H and O–H groups in total. The molecule has 1 aromatic heterocycles. The van der Waals surface area contributed by atoms with Crippen LogP contribution in [0.1, 0.15) is 52.8 Å². The molecule has 0 spiro atoms. The Labute approximate surface area is 199 Å². The van der Waals surface area contributed by atoms with Crippen LogP contribution in [0.5, 0.6) is 0 Å². The number of aliphatic hydroxyl groups is 1. The number of aliphatic hydroxyl groups excluding tert-OH is 1. The van der Waals surface area contributed by atoms with E-state index >= 15 is 0 Å². The third-order valence-electron chi connectivity index (χ3n) is 5.14. The highest BCUT2D eigenvalue weighted by Crippen LogP contribution is 2.41. The van der Waals surface area contributed by atoms with Crippen LogP contribution in [0.3, 0.4) is 0 Å². The van der Waals surface area contributed by atoms with Crippen molar-refractivity contribution in [3.05, 3.63) is 43.6 Å². The van der Waals surface area contributed by atoms with Crippen LogP contribution in [0.25, 0.3) is 0 Å². The number of anilines is 2. The van der Waals surface area contributed by atoms with Crippen molar-refractivity contribution in [1.82, 2.24) is 10.2 Å². The minimum Gasteiger partial charge on any atom is -0.395 e. The van der Waals surface area contributed by atoms with Gasteiger partial charge < -0.3 is 20.6 Å². The second-order valence-corrected chi connectivity index (χ2v) is 10.7. The zero-order valence-corrected chi connectivity index (χ0v) is 20.8. The Morgan fingerprint density at radius 2 is 2.13 bits per heavy atom. The van der Waals surface area contributed by atoms with E-state index in [0.29, 0.717) is 40.5 Å². The SMILES string of the molecule is CCCN(CCO)C(=O)c1c(Nc2ccc(I)cc2F)sc2c1CC(C)(C)CNC2=O. The average molecular weight is 559 g/mol. The summed E-state index contributed by atoms with van der Waals surface area (Å²) in [6.45, 7) is 7.07. The van der Waals surface area contributed by atoms with Crippen LogP contribution in [0, 0.1) is 14.8 Å². The second kappa shape index (κ2) is 9.83. The maximum absolute atomic E-state index is 14.5. The Morgan fingerprint density at radius 3 is 2.77 bits per heavy atom. The molecule has 0 radical (unpaired) electrons. The van der Waals surface area contributed by atoms with E-state index < -0.39 is 5.82 Å². The first kappa shape index (κ1) is 23.9. The first-order valence-electron chi connectivity index (χ1n) is 10.2. The molecule has 1 aliphatic heterocycles. The number of amides is 2. The number of halogens is 2. The highest BCUT2D eigenvalue weighted by molar-refractivity contribution is 14.1. The molecule has 3 rings (SSSR count). The van der Waals surface area contributed by atoms with Gasteiger partial charge in [0.25, 0.3) is 11.8 Å². The Morgan fingerprint density at radius 1 is 1.39 bits per heavy atom. The summed E-state index contributed by atoms with van der Waals surface area (Å²) in [5, 5.41) is 15.9. The molecule has 0 saturated heterocycles. The van der Waals surface area contributed by atoms with Crippen LogP contribution in [0.2, 0.25) is 0 Å². The molecule has 2 aromatic rings. The first-order valence-corrected chi connectivity index (χ1v) is 12.1. The fourth-order valence-corrected chi connectivity index (χ4v) is 5.24. The fourth-order valence-electron chi connectivity index (χ4n) is 3.65. The summed E-state index contributed by atoms with van der Waals surface area (Å²) >= 11 is 3.21. The lowest BCUT2D eigenvalue weighted by Gasteiger charge is -2.25. The number of nitrogens with one attached hydrogen (secondary N) is 2. The smallest absolute Gasteiger partial charge is 0.261 e. The van der Waals surface area contributed by atoms with Crippen molar-refractivity contribution in [2.75, 3.05) is 31.6 Å². The topological polar surface area (TPSA) is 81.7 Å². The van der Waals surface area contributed by atoms with Gasteiger partial charge in [-0.3, -0.25) is 9.59 Å². The number of carbonyl (C=O) groups is 2. The summed E-state index contributed by atoms with van der Waals surface area (Å²) in [5.41, 5.74) is 1.08. The molecule has 31 heavy (non-hydrogen) atoms. The lowest BCUT2D eigenvalue weighted by atomic mass is 9.85. The molecule has 0 saturated carbocycles. The number of rotatable bonds is 7. The standard InChI is InChI=1S/C22H27FIN3O3S/c1-4-7-27(8-9-28)21(30)17-14-11-22(2,3)12-25-19(29)18(14)31-20(17)26-16-6-5-13(24)10-15(16)23/h5-6,10,26,28H,4,7-9,11-12H2,1-3H3,(H,25,29). The minimum absolute atomic E-state index is 0.154. The van der Waals surface area contributed by atoms with Crippen molar-refractivity contribution in [2.45, 2.75) is 33.6 Å². The molecule has 2 heterocycles. The van der Waals surface area contributed by atoms with Gasteiger partial charge in [0, 0.05) is 23.2 Å². The lowest BCUT2D eigenvalue weighted by molar-refractivity contribution is 0.0722. The van der Waals surface area contributed by atoms with Gasteiger partial charge in [0.1, 0.15) is 10.8 Å². The van der Waals surface area contributed by atoms with Gasteiger partial charge in [-0.25, -0.2) is 4.39 Å². The Hall–Kier alpha value is -1.72. The van der Waals surface area contributed by atoms with Gasteiger partial charge in [-0.05, 0) is 64.6 Å². The van der Waals surface area contributed by atoms with E-state index in [1.807, 2.05) is 43.4 Å². The Balaban J connectivity index is 2.14. The molecule has 2 amide bonds. The monoisotopic (exact) mass is 559 g/mol. The molecule has 0 atom stereocenters. The zero-order valence-electron chi connectivity index (χ0n) is 17.8. The van der Waals surface area contributed by atoms with E-state index in [2.05, 4.69) is 10.6 Å². The summed E-state index contributed by atoms with van der Waals surface area (Å²) in [4.78, 5) is 28.5. The minimum atomic E-state index is -0.431. The molecule has 0 aliphatic carbocycles. The molecule has 9 heteroatoms. The quantitative estimate of drug-likeness (QED) is 0.440. The van der Waals surface area contributed by atoms with Gasteiger partial charge in [0.15, 0.2) is 0 Å². The molecular weight excluding hydrogens is 532 g/mol. The number of thiophene rings is 1. The van der Waals surface area contributed by atoms with Gasteiger partial charge in [-0.15, -0.1) is 11.3 Å². The summed E-state index contributed by atoms with van der Waals surface area (Å²) in [6, 6.07) is 4.81. The Kier molecular flexibility index (Phi) is 7.59. The van der Waals surface area contributed by atoms with Gasteiger partial charge in [0.05, 0.1) is 22.7 Å². The van der Waals surface area contributed by atoms with E-state index in [0.717, 1.165) is 9.99 Å². The molecule has 0 unspecified atom stereocenters. The van der Waals surface area contributed by atoms with Crippen LogP contribution in [0.15, 0.2) is 18.2 Å². The van der Waals surface area contributed by atoms with Crippen molar-refractivity contribution >= 4 is 56.4 Å². The highest BCUT2D eigenvalue weighted by atomic mass is 127. The summed E-state index contributed by atoms with van der Waals surface area (Å²) in [7, 11) is 0. The third kappa shape index (κ3) is 5.38. The zero-order chi connectivity index (χ0) is 22.8. The summed E-state index contributed by atoms with van der Waals surface area (Å²) in [6.07, 6.45) is 1.27. The van der Waals surface area contributed by atoms with Crippen LogP contribution >= 0.6 is 33.9 Å². The van der Waals surface area contributed by atoms with Crippen molar-refractivity contribution in [1.29, 1.82) is 0 Å². The average Bonchev–Trinajstić information content (AvgIpc) is 2.99. The van der Waals surface area contributed by atoms with Crippen molar-refractivity contribution in [2.24, 2.45) is 5.41 Å². The summed E-state index contributed by atoms with van der Waals surface area (Å²) < 4.78 is 15.3. The predicted molar refractivity (Wildman–Crippen MR) is 130 cm³/mol. The Bertz CT molecular complexity index is 987. The van der Waals surface area contributed by atoms with E-state index in [-0.39, 0.29) is 36.1 Å². The normalized spacial score (nSPS) is 15.1. The fraction of sp³-hybridized carbons (Fsp3) is 0.455. The van der Waals surface area contributed by atoms with Gasteiger partial charge in [-0.1, -0.05) is 20.8 Å². The number of fused-ring (bicyclic) bond motifs is 1. The number of benzene rings is 1. The molecule has 0 bridgehead atoms. The predicted octanol–water partition coefficient (Wildman–Crippen LogP) is 4.39. The van der Waals surface area contributed by atoms with Crippen LogP contribution in [-0.2, 0) is 6.42 Å². The van der Waals surface area contributed by atoms with Crippen LogP contribution in [-0.4, -0.2) is 48.1 Å². The van der Waals surface area contributed by atoms with Crippen molar-refractivity contribution in [3.8, 4) is 0 Å². The number of hydrogen-bond acceptors (Lipinski definition) is 5. The third-order valence-corrected chi connectivity index (χ3v) is 6.96. The van der Waals surface area contributed by atoms with E-state index in [4.69, 9.17) is 0 Å². The maximum Gasteiger partial charge on any atom is 0.261 e. The number of hydrogen-bond donors (Lipinski definition) is 3. The molecule has 6 nitrogen and oxygen atoms in total. The van der Waals surface area contributed by atoms with Crippen molar-refractivity contribution < 1.29 is 19.1 Å². The lowest BCUT2D eigenvalue weighted by Crippen LogP contribution is -2.35. The largest absolute Gasteiger partial charge is 0.395 e. The van der Waals surface area contributed by atoms with E-state index in [1.54, 1.807) is 17.0 Å². The second-order valence-electron chi connectivity index (χ2n) is 8.40. The summed E-state index contributed by atoms with van der Waals surface area (Å²) in [5.74, 6) is -0.910. The molecule has 168 valence electrons. The first-order chi connectivity index (χ1) is 14.7. The van der Waals surface area contributed by atoms with E-state index in [9.17, 15) is 19.1 Å². The molecule has 0 fully saturated rings. The maximum atomic E-state index is 14.5. The van der Waals surface area contributed by atoms with Gasteiger partial charge in [0.2, 0.25) is 0 Å². The van der Waals surface area contributed by atoms with Crippen LogP contribution in [0.4, 0.5) is 15.1 Å². The van der Waals surface area contributed by atoms with Gasteiger partial charge >= 0.3 is 0 Å². The highest BCUT2D eigenvalue weighted by Gasteiger charge is 2.35. The molecular formula is C22H27FIN3O3S. The molecule has 1 aliphatic rings. The van der Waals surface area contributed by atoms with Crippen molar-refractivity contribution in [3.63, 3.8) is 0 Å². The van der Waals surface area contributed by atoms with Crippen LogP contribution < -0.4 is 10.6 Å².